The predicted molar refractivity (Wildman–Crippen MR) is 100.0 cm³/mol. The second-order valence-electron chi connectivity index (χ2n) is 7.09. The number of halogens is 1. The maximum Gasteiger partial charge on any atom is 0.307 e. The summed E-state index contributed by atoms with van der Waals surface area (Å²) < 4.78 is 18.9. The van der Waals surface area contributed by atoms with E-state index in [4.69, 9.17) is 4.74 Å². The Morgan fingerprint density at radius 3 is 2.59 bits per heavy atom. The van der Waals surface area contributed by atoms with Crippen LogP contribution in [0.3, 0.4) is 0 Å². The topological polar surface area (TPSA) is 93.2 Å². The number of hydrogen-bond donors (Lipinski definition) is 2. The van der Waals surface area contributed by atoms with Gasteiger partial charge in [-0.2, -0.15) is 0 Å². The van der Waals surface area contributed by atoms with Gasteiger partial charge in [0.1, 0.15) is 23.6 Å². The van der Waals surface area contributed by atoms with Gasteiger partial charge in [0.15, 0.2) is 0 Å². The molecule has 8 heteroatoms. The van der Waals surface area contributed by atoms with Gasteiger partial charge in [0.25, 0.3) is 0 Å². The number of aromatic nitrogens is 2. The Morgan fingerprint density at radius 1 is 1.22 bits per heavy atom. The van der Waals surface area contributed by atoms with Crippen LogP contribution >= 0.6 is 0 Å². The van der Waals surface area contributed by atoms with Crippen molar-refractivity contribution >= 4 is 29.1 Å². The fraction of sp³-hybridized carbons (Fsp3) is 0.368. The Bertz CT molecular complexity index is 806. The lowest BCUT2D eigenvalue weighted by atomic mass is 10.1. The number of amides is 1. The number of benzene rings is 1. The van der Waals surface area contributed by atoms with Crippen molar-refractivity contribution in [3.8, 4) is 0 Å². The van der Waals surface area contributed by atoms with E-state index in [1.165, 1.54) is 30.7 Å². The summed E-state index contributed by atoms with van der Waals surface area (Å²) in [6.45, 7) is 6.91. The summed E-state index contributed by atoms with van der Waals surface area (Å²) in [4.78, 5) is 32.2. The van der Waals surface area contributed by atoms with Crippen LogP contribution in [0.4, 0.5) is 21.6 Å². The van der Waals surface area contributed by atoms with E-state index in [0.717, 1.165) is 0 Å². The van der Waals surface area contributed by atoms with Crippen LogP contribution < -0.4 is 10.6 Å². The van der Waals surface area contributed by atoms with Gasteiger partial charge in [0, 0.05) is 12.1 Å². The van der Waals surface area contributed by atoms with Crippen LogP contribution in [-0.4, -0.2) is 27.4 Å². The van der Waals surface area contributed by atoms with Gasteiger partial charge in [-0.15, -0.1) is 0 Å². The Morgan fingerprint density at radius 2 is 1.96 bits per heavy atom. The third-order valence-corrected chi connectivity index (χ3v) is 3.42. The molecule has 7 nitrogen and oxygen atoms in total. The number of nitrogens with one attached hydrogen (secondary N) is 2. The number of rotatable bonds is 6. The van der Waals surface area contributed by atoms with Crippen LogP contribution in [0, 0.1) is 11.7 Å². The van der Waals surface area contributed by atoms with Crippen molar-refractivity contribution in [1.82, 2.24) is 9.97 Å². The largest absolute Gasteiger partial charge is 0.460 e. The summed E-state index contributed by atoms with van der Waals surface area (Å²) in [5, 5.41) is 5.64. The van der Waals surface area contributed by atoms with Gasteiger partial charge in [-0.3, -0.25) is 9.59 Å². The molecule has 0 unspecified atom stereocenters. The molecular formula is C19H23FN4O3. The average molecular weight is 374 g/mol. The summed E-state index contributed by atoms with van der Waals surface area (Å²) in [6, 6.07) is 5.54. The second-order valence-corrected chi connectivity index (χ2v) is 7.09. The van der Waals surface area contributed by atoms with Gasteiger partial charge in [-0.05, 0) is 45.0 Å². The third kappa shape index (κ3) is 6.65. The molecule has 0 fully saturated rings. The van der Waals surface area contributed by atoms with Crippen molar-refractivity contribution in [3.05, 3.63) is 42.6 Å². The molecule has 0 aliphatic carbocycles. The van der Waals surface area contributed by atoms with E-state index in [2.05, 4.69) is 20.6 Å². The minimum absolute atomic E-state index is 0.0566. The van der Waals surface area contributed by atoms with Crippen molar-refractivity contribution in [2.24, 2.45) is 5.92 Å². The second kappa shape index (κ2) is 8.57. The highest BCUT2D eigenvalue weighted by Crippen LogP contribution is 2.26. The predicted octanol–water partition coefficient (Wildman–Crippen LogP) is 3.67. The molecular weight excluding hydrogens is 351 g/mol. The minimum atomic E-state index is -0.614. The van der Waals surface area contributed by atoms with Crippen molar-refractivity contribution in [1.29, 1.82) is 0 Å². The van der Waals surface area contributed by atoms with E-state index in [0.29, 0.717) is 17.2 Å². The van der Waals surface area contributed by atoms with E-state index in [-0.39, 0.29) is 12.3 Å². The molecule has 0 spiro atoms. The van der Waals surface area contributed by atoms with E-state index in [1.54, 1.807) is 33.8 Å². The molecule has 0 saturated carbocycles. The normalized spacial score (nSPS) is 12.2. The molecule has 0 radical (unpaired) electrons. The zero-order valence-electron chi connectivity index (χ0n) is 15.7. The molecule has 2 aromatic rings. The maximum absolute atomic E-state index is 13.6. The van der Waals surface area contributed by atoms with Crippen LogP contribution in [0.2, 0.25) is 0 Å². The minimum Gasteiger partial charge on any atom is -0.460 e. The highest BCUT2D eigenvalue weighted by Gasteiger charge is 2.23. The maximum atomic E-state index is 13.6. The van der Waals surface area contributed by atoms with Crippen LogP contribution in [0.15, 0.2) is 36.8 Å². The lowest BCUT2D eigenvalue weighted by Crippen LogP contribution is -2.28. The molecule has 1 heterocycles. The third-order valence-electron chi connectivity index (χ3n) is 3.42. The molecule has 27 heavy (non-hydrogen) atoms. The summed E-state index contributed by atoms with van der Waals surface area (Å²) in [5.74, 6) is -1.46. The van der Waals surface area contributed by atoms with E-state index >= 15 is 0 Å². The first-order chi connectivity index (χ1) is 12.6. The molecule has 0 bridgehead atoms. The molecule has 1 atom stereocenters. The molecule has 1 amide bonds. The van der Waals surface area contributed by atoms with E-state index in [1.807, 2.05) is 0 Å². The van der Waals surface area contributed by atoms with Crippen molar-refractivity contribution in [2.45, 2.75) is 39.7 Å². The summed E-state index contributed by atoms with van der Waals surface area (Å²) in [6.07, 6.45) is 2.83. The molecule has 0 aliphatic heterocycles. The number of anilines is 3. The first-order valence-electron chi connectivity index (χ1n) is 8.49. The highest BCUT2D eigenvalue weighted by atomic mass is 19.1. The Balaban J connectivity index is 2.07. The molecule has 1 aromatic carbocycles. The summed E-state index contributed by atoms with van der Waals surface area (Å²) in [5.41, 5.74) is 0.0985. The molecule has 2 rings (SSSR count). The fourth-order valence-electron chi connectivity index (χ4n) is 2.21. The zero-order chi connectivity index (χ0) is 20.0. The van der Waals surface area contributed by atoms with Crippen LogP contribution in [0.25, 0.3) is 0 Å². The van der Waals surface area contributed by atoms with Gasteiger partial charge in [-0.1, -0.05) is 6.92 Å². The SMILES string of the molecule is C[C@H](CC(=O)OC(C)(C)C)C(=O)Nc1ccc(F)cc1Nc1ccncn1. The number of ether oxygens (including phenoxy) is 1. The molecule has 1 aromatic heterocycles. The van der Waals surface area contributed by atoms with Gasteiger partial charge >= 0.3 is 5.97 Å². The Kier molecular flexibility index (Phi) is 6.44. The summed E-state index contributed by atoms with van der Waals surface area (Å²) in [7, 11) is 0. The molecule has 0 saturated heterocycles. The lowest BCUT2D eigenvalue weighted by molar-refractivity contribution is -0.156. The Labute approximate surface area is 157 Å². The molecule has 144 valence electrons. The van der Waals surface area contributed by atoms with Crippen molar-refractivity contribution in [2.75, 3.05) is 10.6 Å². The van der Waals surface area contributed by atoms with Gasteiger partial charge < -0.3 is 15.4 Å². The van der Waals surface area contributed by atoms with Crippen LogP contribution in [-0.2, 0) is 14.3 Å². The zero-order valence-corrected chi connectivity index (χ0v) is 15.7. The van der Waals surface area contributed by atoms with Crippen LogP contribution in [0.1, 0.15) is 34.1 Å². The summed E-state index contributed by atoms with van der Waals surface area (Å²) >= 11 is 0. The van der Waals surface area contributed by atoms with Crippen LogP contribution in [0.5, 0.6) is 0 Å². The standard InChI is InChI=1S/C19H23FN4O3/c1-12(9-17(25)27-19(2,3)4)18(26)24-14-6-5-13(20)10-15(14)23-16-7-8-21-11-22-16/h5-8,10-12H,9H2,1-4H3,(H,24,26)(H,21,22,23)/t12-/m1/s1. The van der Waals surface area contributed by atoms with Gasteiger partial charge in [0.2, 0.25) is 5.91 Å². The molecule has 2 N–H and O–H groups in total. The van der Waals surface area contributed by atoms with Gasteiger partial charge in [-0.25, -0.2) is 14.4 Å². The lowest BCUT2D eigenvalue weighted by Gasteiger charge is -2.21. The van der Waals surface area contributed by atoms with E-state index < -0.39 is 23.3 Å². The fourth-order valence-corrected chi connectivity index (χ4v) is 2.21. The number of carbonyl (C=O) groups is 2. The first kappa shape index (κ1) is 20.3. The number of carbonyl (C=O) groups excluding carboxylic acids is 2. The smallest absolute Gasteiger partial charge is 0.307 e. The monoisotopic (exact) mass is 374 g/mol. The highest BCUT2D eigenvalue weighted by molar-refractivity contribution is 5.97. The number of esters is 1. The first-order valence-corrected chi connectivity index (χ1v) is 8.49. The number of hydrogen-bond acceptors (Lipinski definition) is 6. The van der Waals surface area contributed by atoms with Crippen molar-refractivity contribution in [3.63, 3.8) is 0 Å². The van der Waals surface area contributed by atoms with Gasteiger partial charge in [0.05, 0.1) is 17.8 Å². The van der Waals surface area contributed by atoms with E-state index in [9.17, 15) is 14.0 Å². The molecule has 0 aliphatic rings. The quantitative estimate of drug-likeness (QED) is 0.750. The Hall–Kier alpha value is -3.03. The average Bonchev–Trinajstić information content (AvgIpc) is 2.56. The van der Waals surface area contributed by atoms with Crippen molar-refractivity contribution < 1.29 is 18.7 Å². The number of nitrogens with zero attached hydrogens (tertiary/aromatic N) is 2.